The Bertz CT molecular complexity index is 1160. The Labute approximate surface area is 263 Å². The van der Waals surface area contributed by atoms with E-state index in [1.54, 1.807) is 36.0 Å². The zero-order chi connectivity index (χ0) is 30.4. The molecule has 0 saturated heterocycles. The summed E-state index contributed by atoms with van der Waals surface area (Å²) >= 11 is 1.61. The van der Waals surface area contributed by atoms with Crippen molar-refractivity contribution in [3.05, 3.63) is 66.7 Å². The van der Waals surface area contributed by atoms with Gasteiger partial charge >= 0.3 is 5.97 Å². The molecule has 0 saturated carbocycles. The van der Waals surface area contributed by atoms with Crippen molar-refractivity contribution in [1.29, 1.82) is 0 Å². The molecule has 0 atom stereocenters. The number of thioether (sulfide) groups is 1. The molecule has 0 N–H and O–H groups in total. The first-order valence-corrected chi connectivity index (χ1v) is 17.3. The van der Waals surface area contributed by atoms with Crippen LogP contribution >= 0.6 is 11.8 Å². The number of rotatable bonds is 24. The van der Waals surface area contributed by atoms with Gasteiger partial charge in [-0.15, -0.1) is 16.8 Å². The second kappa shape index (κ2) is 21.6. The Morgan fingerprint density at radius 1 is 0.767 bits per heavy atom. The van der Waals surface area contributed by atoms with Gasteiger partial charge in [-0.1, -0.05) is 102 Å². The Balaban J connectivity index is 1.31. The number of hydrogen-bond donors (Lipinski definition) is 0. The zero-order valence-corrected chi connectivity index (χ0v) is 26.9. The summed E-state index contributed by atoms with van der Waals surface area (Å²) in [6, 6.07) is 14.2. The lowest BCUT2D eigenvalue weighted by molar-refractivity contribution is 0.0734. The number of carbonyl (C=O) groups excluding carboxylic acids is 1. The van der Waals surface area contributed by atoms with Crippen LogP contribution in [0, 0.1) is 0 Å². The summed E-state index contributed by atoms with van der Waals surface area (Å²) < 4.78 is 17.2. The van der Waals surface area contributed by atoms with Gasteiger partial charge in [-0.2, -0.15) is 0 Å². The predicted molar refractivity (Wildman–Crippen MR) is 177 cm³/mol. The van der Waals surface area contributed by atoms with Crippen molar-refractivity contribution in [3.63, 3.8) is 0 Å². The maximum absolute atomic E-state index is 12.6. The Hall–Kier alpha value is -3.06. The maximum Gasteiger partial charge on any atom is 0.343 e. The average Bonchev–Trinajstić information content (AvgIpc) is 3.51. The molecule has 0 fully saturated rings. The van der Waals surface area contributed by atoms with Gasteiger partial charge in [-0.05, 0) is 74.2 Å². The summed E-state index contributed by atoms with van der Waals surface area (Å²) in [4.78, 5) is 12.6. The van der Waals surface area contributed by atoms with Crippen LogP contribution in [0.5, 0.6) is 11.5 Å². The van der Waals surface area contributed by atoms with E-state index in [1.165, 1.54) is 83.5 Å². The minimum Gasteiger partial charge on any atom is -0.494 e. The summed E-state index contributed by atoms with van der Waals surface area (Å²) in [6.07, 6.45) is 22.1. The van der Waals surface area contributed by atoms with Crippen LogP contribution < -0.4 is 9.47 Å². The van der Waals surface area contributed by atoms with E-state index in [0.717, 1.165) is 36.3 Å². The maximum atomic E-state index is 12.6. The lowest BCUT2D eigenvalue weighted by atomic mass is 10.1. The molecule has 0 aliphatic heterocycles. The smallest absolute Gasteiger partial charge is 0.343 e. The minimum absolute atomic E-state index is 0.412. The number of allylic oxidation sites excluding steroid dienone is 1. The van der Waals surface area contributed by atoms with Gasteiger partial charge in [-0.3, -0.25) is 0 Å². The van der Waals surface area contributed by atoms with Crippen molar-refractivity contribution in [2.24, 2.45) is 0 Å². The van der Waals surface area contributed by atoms with Gasteiger partial charge in [0.2, 0.25) is 5.89 Å². The number of ether oxygens (including phenoxy) is 2. The Morgan fingerprint density at radius 3 is 2.05 bits per heavy atom. The summed E-state index contributed by atoms with van der Waals surface area (Å²) in [7, 11) is 0. The van der Waals surface area contributed by atoms with Gasteiger partial charge in [0, 0.05) is 11.3 Å². The highest BCUT2D eigenvalue weighted by Crippen LogP contribution is 2.26. The minimum atomic E-state index is -0.412. The van der Waals surface area contributed by atoms with E-state index in [4.69, 9.17) is 13.9 Å². The van der Waals surface area contributed by atoms with Crippen molar-refractivity contribution in [2.45, 2.75) is 115 Å². The zero-order valence-electron chi connectivity index (χ0n) is 26.1. The summed E-state index contributed by atoms with van der Waals surface area (Å²) in [6.45, 7) is 6.71. The molecule has 3 aromatic rings. The van der Waals surface area contributed by atoms with E-state index in [-0.39, 0.29) is 0 Å². The van der Waals surface area contributed by atoms with Gasteiger partial charge in [0.15, 0.2) is 0 Å². The van der Waals surface area contributed by atoms with Crippen LogP contribution in [-0.4, -0.2) is 28.5 Å². The first-order valence-electron chi connectivity index (χ1n) is 16.3. The van der Waals surface area contributed by atoms with Crippen LogP contribution in [0.2, 0.25) is 0 Å². The number of benzene rings is 2. The molecule has 0 aliphatic carbocycles. The van der Waals surface area contributed by atoms with Crippen LogP contribution in [0.4, 0.5) is 0 Å². The standard InChI is InChI=1S/C36H50N2O4S/c1-3-5-7-9-11-13-14-16-18-28-40-32-24-22-31(23-25-32)35(39)41-33-26-20-30(21-27-33)34-37-38-36(42-34)43-29-19-17-15-12-10-8-6-4-2/h3,20-27H,1,4-19,28-29H2,2H3. The lowest BCUT2D eigenvalue weighted by Crippen LogP contribution is -2.08. The first-order chi connectivity index (χ1) is 21.2. The van der Waals surface area contributed by atoms with Gasteiger partial charge in [0.1, 0.15) is 11.5 Å². The number of nitrogens with zero attached hydrogens (tertiary/aromatic N) is 2. The van der Waals surface area contributed by atoms with Crippen LogP contribution in [-0.2, 0) is 0 Å². The Morgan fingerprint density at radius 2 is 1.37 bits per heavy atom. The highest BCUT2D eigenvalue weighted by Gasteiger charge is 2.12. The SMILES string of the molecule is C=CCCCCCCCCCOc1ccc(C(=O)Oc2ccc(-c3nnc(SCCCCCCCCCC)o3)cc2)cc1. The largest absolute Gasteiger partial charge is 0.494 e. The number of hydrogen-bond acceptors (Lipinski definition) is 7. The van der Waals surface area contributed by atoms with E-state index in [0.29, 0.717) is 29.0 Å². The van der Waals surface area contributed by atoms with Gasteiger partial charge in [0.05, 0.1) is 12.2 Å². The molecular formula is C36H50N2O4S. The van der Waals surface area contributed by atoms with E-state index >= 15 is 0 Å². The molecule has 43 heavy (non-hydrogen) atoms. The lowest BCUT2D eigenvalue weighted by Gasteiger charge is -2.08. The van der Waals surface area contributed by atoms with Crippen LogP contribution in [0.15, 0.2) is 70.8 Å². The third kappa shape index (κ3) is 14.3. The molecular weight excluding hydrogens is 556 g/mol. The second-order valence-electron chi connectivity index (χ2n) is 11.0. The van der Waals surface area contributed by atoms with Crippen LogP contribution in [0.1, 0.15) is 120 Å². The highest BCUT2D eigenvalue weighted by atomic mass is 32.2. The number of aromatic nitrogens is 2. The molecule has 0 aliphatic rings. The molecule has 2 aromatic carbocycles. The van der Waals surface area contributed by atoms with E-state index in [9.17, 15) is 4.79 Å². The van der Waals surface area contributed by atoms with Crippen molar-refractivity contribution >= 4 is 17.7 Å². The topological polar surface area (TPSA) is 74.5 Å². The van der Waals surface area contributed by atoms with Crippen molar-refractivity contribution in [3.8, 4) is 23.0 Å². The predicted octanol–water partition coefficient (Wildman–Crippen LogP) is 10.9. The van der Waals surface area contributed by atoms with Gasteiger partial charge < -0.3 is 13.9 Å². The quantitative estimate of drug-likeness (QED) is 0.0330. The van der Waals surface area contributed by atoms with Crippen LogP contribution in [0.25, 0.3) is 11.5 Å². The third-order valence-electron chi connectivity index (χ3n) is 7.35. The number of carbonyl (C=O) groups is 1. The molecule has 0 amide bonds. The fourth-order valence-electron chi connectivity index (χ4n) is 4.76. The molecule has 7 heteroatoms. The fraction of sp³-hybridized carbons (Fsp3) is 0.528. The monoisotopic (exact) mass is 606 g/mol. The highest BCUT2D eigenvalue weighted by molar-refractivity contribution is 7.99. The van der Waals surface area contributed by atoms with Crippen molar-refractivity contribution in [2.75, 3.05) is 12.4 Å². The molecule has 1 heterocycles. The molecule has 0 bridgehead atoms. The summed E-state index contributed by atoms with van der Waals surface area (Å²) in [5.41, 5.74) is 1.26. The molecule has 1 aromatic heterocycles. The number of esters is 1. The van der Waals surface area contributed by atoms with Crippen molar-refractivity contribution < 1.29 is 18.7 Å². The van der Waals surface area contributed by atoms with E-state index < -0.39 is 5.97 Å². The fourth-order valence-corrected chi connectivity index (χ4v) is 5.52. The van der Waals surface area contributed by atoms with Crippen LogP contribution in [0.3, 0.4) is 0 Å². The third-order valence-corrected chi connectivity index (χ3v) is 8.26. The molecule has 0 spiro atoms. The van der Waals surface area contributed by atoms with Gasteiger partial charge in [-0.25, -0.2) is 4.79 Å². The molecule has 3 rings (SSSR count). The van der Waals surface area contributed by atoms with E-state index in [2.05, 4.69) is 23.7 Å². The normalized spacial score (nSPS) is 11.0. The average molecular weight is 607 g/mol. The summed E-state index contributed by atoms with van der Waals surface area (Å²) in [5, 5.41) is 8.94. The first kappa shape index (κ1) is 34.4. The van der Waals surface area contributed by atoms with Crippen molar-refractivity contribution in [1.82, 2.24) is 10.2 Å². The summed E-state index contributed by atoms with van der Waals surface area (Å²) in [5.74, 6) is 2.25. The Kier molecular flexibility index (Phi) is 17.3. The van der Waals surface area contributed by atoms with Gasteiger partial charge in [0.25, 0.3) is 5.22 Å². The second-order valence-corrected chi connectivity index (χ2v) is 12.1. The number of unbranched alkanes of at least 4 members (excludes halogenated alkanes) is 14. The molecule has 0 unspecified atom stereocenters. The van der Waals surface area contributed by atoms with E-state index in [1.807, 2.05) is 30.3 Å². The molecule has 0 radical (unpaired) electrons. The molecule has 6 nitrogen and oxygen atoms in total. The molecule has 234 valence electrons.